The molecule has 0 spiro atoms. The first kappa shape index (κ1) is 11.5. The van der Waals surface area contributed by atoms with Crippen molar-refractivity contribution in [1.29, 1.82) is 0 Å². The molecule has 0 aliphatic rings. The molecular formula is C13H15N3O. The van der Waals surface area contributed by atoms with Crippen LogP contribution in [-0.2, 0) is 0 Å². The summed E-state index contributed by atoms with van der Waals surface area (Å²) in [6.07, 6.45) is 3.35. The average Bonchev–Trinajstić information content (AvgIpc) is 2.33. The van der Waals surface area contributed by atoms with Gasteiger partial charge in [0.25, 0.3) is 0 Å². The number of ether oxygens (including phenoxy) is 1. The second-order valence-corrected chi connectivity index (χ2v) is 3.94. The zero-order chi connectivity index (χ0) is 12.3. The zero-order valence-corrected chi connectivity index (χ0v) is 9.92. The van der Waals surface area contributed by atoms with E-state index in [1.807, 2.05) is 38.1 Å². The molecule has 0 saturated heterocycles. The molecule has 0 bridgehead atoms. The second-order valence-electron chi connectivity index (χ2n) is 3.94. The van der Waals surface area contributed by atoms with Crippen LogP contribution >= 0.6 is 0 Å². The highest BCUT2D eigenvalue weighted by molar-refractivity contribution is 5.28. The van der Waals surface area contributed by atoms with Crippen molar-refractivity contribution in [2.75, 3.05) is 0 Å². The lowest BCUT2D eigenvalue weighted by molar-refractivity contribution is 0.476. The van der Waals surface area contributed by atoms with Crippen molar-refractivity contribution in [3.05, 3.63) is 48.0 Å². The number of aromatic nitrogens is 2. The Morgan fingerprint density at radius 2 is 1.71 bits per heavy atom. The van der Waals surface area contributed by atoms with E-state index in [9.17, 15) is 0 Å². The average molecular weight is 229 g/mol. The van der Waals surface area contributed by atoms with Crippen molar-refractivity contribution in [2.24, 2.45) is 5.73 Å². The summed E-state index contributed by atoms with van der Waals surface area (Å²) in [6, 6.07) is 7.43. The molecule has 0 radical (unpaired) electrons. The Labute approximate surface area is 100 Å². The third kappa shape index (κ3) is 3.01. The van der Waals surface area contributed by atoms with Crippen LogP contribution in [0, 0.1) is 6.92 Å². The molecule has 4 nitrogen and oxygen atoms in total. The Morgan fingerprint density at radius 3 is 2.18 bits per heavy atom. The van der Waals surface area contributed by atoms with Gasteiger partial charge in [0.2, 0.25) is 0 Å². The van der Waals surface area contributed by atoms with E-state index in [0.717, 1.165) is 11.4 Å². The van der Waals surface area contributed by atoms with Gasteiger partial charge in [-0.25, -0.2) is 0 Å². The van der Waals surface area contributed by atoms with Gasteiger partial charge in [0.1, 0.15) is 11.5 Å². The van der Waals surface area contributed by atoms with Gasteiger partial charge in [0.15, 0.2) is 0 Å². The Morgan fingerprint density at radius 1 is 1.06 bits per heavy atom. The lowest BCUT2D eigenvalue weighted by atomic mass is 10.2. The van der Waals surface area contributed by atoms with Gasteiger partial charge in [0, 0.05) is 11.7 Å². The van der Waals surface area contributed by atoms with Crippen LogP contribution in [0.4, 0.5) is 0 Å². The molecule has 0 saturated carbocycles. The molecule has 17 heavy (non-hydrogen) atoms. The van der Waals surface area contributed by atoms with Crippen molar-refractivity contribution in [3.63, 3.8) is 0 Å². The van der Waals surface area contributed by atoms with Crippen LogP contribution in [0.25, 0.3) is 0 Å². The normalized spacial score (nSPS) is 12.2. The van der Waals surface area contributed by atoms with Crippen molar-refractivity contribution >= 4 is 0 Å². The van der Waals surface area contributed by atoms with E-state index >= 15 is 0 Å². The standard InChI is InChI=1S/C13H15N3O/c1-9-3-4-11(7-15-9)17-12-5-6-13(10(2)14)16-8-12/h3-8,10H,14H2,1-2H3/t10-/m1/s1. The molecule has 0 amide bonds. The maximum atomic E-state index is 5.72. The number of nitrogens with two attached hydrogens (primary N) is 1. The molecule has 0 unspecified atom stereocenters. The second kappa shape index (κ2) is 4.93. The Balaban J connectivity index is 2.11. The fourth-order valence-corrected chi connectivity index (χ4v) is 1.37. The molecule has 0 fully saturated rings. The largest absolute Gasteiger partial charge is 0.454 e. The first-order chi connectivity index (χ1) is 8.15. The third-order valence-electron chi connectivity index (χ3n) is 2.35. The predicted molar refractivity (Wildman–Crippen MR) is 65.9 cm³/mol. The summed E-state index contributed by atoms with van der Waals surface area (Å²) < 4.78 is 5.60. The maximum Gasteiger partial charge on any atom is 0.145 e. The smallest absolute Gasteiger partial charge is 0.145 e. The Hall–Kier alpha value is -1.94. The summed E-state index contributed by atoms with van der Waals surface area (Å²) in [5, 5.41) is 0. The highest BCUT2D eigenvalue weighted by Gasteiger charge is 2.02. The fourth-order valence-electron chi connectivity index (χ4n) is 1.37. The minimum atomic E-state index is -0.0647. The van der Waals surface area contributed by atoms with Crippen molar-refractivity contribution in [1.82, 2.24) is 9.97 Å². The van der Waals surface area contributed by atoms with Crippen LogP contribution < -0.4 is 10.5 Å². The highest BCUT2D eigenvalue weighted by atomic mass is 16.5. The van der Waals surface area contributed by atoms with E-state index in [4.69, 9.17) is 10.5 Å². The van der Waals surface area contributed by atoms with Crippen LogP contribution in [0.15, 0.2) is 36.7 Å². The summed E-state index contributed by atoms with van der Waals surface area (Å²) >= 11 is 0. The SMILES string of the molecule is Cc1ccc(Oc2ccc([C@@H](C)N)nc2)cn1. The quantitative estimate of drug-likeness (QED) is 0.878. The molecule has 2 aromatic heterocycles. The first-order valence-corrected chi connectivity index (χ1v) is 5.47. The molecule has 88 valence electrons. The van der Waals surface area contributed by atoms with Gasteiger partial charge in [-0.2, -0.15) is 0 Å². The summed E-state index contributed by atoms with van der Waals surface area (Å²) in [5.74, 6) is 1.38. The van der Waals surface area contributed by atoms with Crippen LogP contribution in [0.5, 0.6) is 11.5 Å². The minimum Gasteiger partial charge on any atom is -0.454 e. The van der Waals surface area contributed by atoms with Crippen molar-refractivity contribution in [3.8, 4) is 11.5 Å². The van der Waals surface area contributed by atoms with Crippen molar-refractivity contribution in [2.45, 2.75) is 19.9 Å². The molecule has 4 heteroatoms. The molecular weight excluding hydrogens is 214 g/mol. The van der Waals surface area contributed by atoms with E-state index in [0.29, 0.717) is 11.5 Å². The molecule has 2 N–H and O–H groups in total. The number of aryl methyl sites for hydroxylation is 1. The number of pyridine rings is 2. The van der Waals surface area contributed by atoms with Crippen LogP contribution in [0.3, 0.4) is 0 Å². The molecule has 0 aliphatic heterocycles. The third-order valence-corrected chi connectivity index (χ3v) is 2.35. The Bertz CT molecular complexity index is 477. The molecule has 0 aromatic carbocycles. The highest BCUT2D eigenvalue weighted by Crippen LogP contribution is 2.20. The van der Waals surface area contributed by atoms with Gasteiger partial charge in [-0.05, 0) is 38.1 Å². The van der Waals surface area contributed by atoms with Crippen LogP contribution in [0.1, 0.15) is 24.4 Å². The number of nitrogens with zero attached hydrogens (tertiary/aromatic N) is 2. The van der Waals surface area contributed by atoms with Crippen molar-refractivity contribution < 1.29 is 4.74 Å². The maximum absolute atomic E-state index is 5.72. The van der Waals surface area contributed by atoms with Crippen LogP contribution in [-0.4, -0.2) is 9.97 Å². The summed E-state index contributed by atoms with van der Waals surface area (Å²) in [7, 11) is 0. The molecule has 2 heterocycles. The van der Waals surface area contributed by atoms with E-state index in [2.05, 4.69) is 9.97 Å². The van der Waals surface area contributed by atoms with E-state index in [1.54, 1.807) is 12.4 Å². The van der Waals surface area contributed by atoms with E-state index in [1.165, 1.54) is 0 Å². The van der Waals surface area contributed by atoms with E-state index < -0.39 is 0 Å². The minimum absolute atomic E-state index is 0.0647. The lowest BCUT2D eigenvalue weighted by Crippen LogP contribution is -2.06. The number of hydrogen-bond donors (Lipinski definition) is 1. The summed E-state index contributed by atoms with van der Waals surface area (Å²) in [4.78, 5) is 8.38. The summed E-state index contributed by atoms with van der Waals surface area (Å²) in [6.45, 7) is 3.83. The van der Waals surface area contributed by atoms with Gasteiger partial charge in [0.05, 0.1) is 18.1 Å². The predicted octanol–water partition coefficient (Wildman–Crippen LogP) is 2.60. The van der Waals surface area contributed by atoms with Gasteiger partial charge < -0.3 is 10.5 Å². The monoisotopic (exact) mass is 229 g/mol. The first-order valence-electron chi connectivity index (χ1n) is 5.47. The molecule has 2 aromatic rings. The topological polar surface area (TPSA) is 61.0 Å². The zero-order valence-electron chi connectivity index (χ0n) is 9.92. The van der Waals surface area contributed by atoms with Gasteiger partial charge >= 0.3 is 0 Å². The molecule has 2 rings (SSSR count). The Kier molecular flexibility index (Phi) is 3.35. The van der Waals surface area contributed by atoms with Crippen LogP contribution in [0.2, 0.25) is 0 Å². The van der Waals surface area contributed by atoms with Gasteiger partial charge in [-0.3, -0.25) is 9.97 Å². The van der Waals surface area contributed by atoms with Gasteiger partial charge in [-0.1, -0.05) is 0 Å². The summed E-state index contributed by atoms with van der Waals surface area (Å²) in [5.41, 5.74) is 7.53. The number of hydrogen-bond acceptors (Lipinski definition) is 4. The van der Waals surface area contributed by atoms with E-state index in [-0.39, 0.29) is 6.04 Å². The lowest BCUT2D eigenvalue weighted by Gasteiger charge is -2.07. The van der Waals surface area contributed by atoms with Gasteiger partial charge in [-0.15, -0.1) is 0 Å². The fraction of sp³-hybridized carbons (Fsp3) is 0.231. The number of rotatable bonds is 3. The molecule has 0 aliphatic carbocycles. The molecule has 1 atom stereocenters.